The van der Waals surface area contributed by atoms with E-state index in [4.69, 9.17) is 4.74 Å². The Bertz CT molecular complexity index is 1080. The molecule has 1 atom stereocenters. The molecule has 2 aliphatic heterocycles. The molecule has 8 nitrogen and oxygen atoms in total. The number of hydrogen-bond acceptors (Lipinski definition) is 5. The second-order valence-electron chi connectivity index (χ2n) is 8.26. The van der Waals surface area contributed by atoms with Gasteiger partial charge in [-0.3, -0.25) is 19.3 Å². The van der Waals surface area contributed by atoms with Gasteiger partial charge in [0.2, 0.25) is 5.91 Å². The molecular formula is C24H25N3O5. The van der Waals surface area contributed by atoms with Crippen LogP contribution >= 0.6 is 0 Å². The zero-order chi connectivity index (χ0) is 22.9. The lowest BCUT2D eigenvalue weighted by atomic mass is 9.92. The van der Waals surface area contributed by atoms with Crippen LogP contribution in [0.25, 0.3) is 0 Å². The molecule has 2 aromatic rings. The first-order valence-electron chi connectivity index (χ1n) is 10.5. The Labute approximate surface area is 186 Å². The van der Waals surface area contributed by atoms with Crippen LogP contribution in [0.1, 0.15) is 35.7 Å². The van der Waals surface area contributed by atoms with Gasteiger partial charge in [-0.05, 0) is 49.2 Å². The maximum absolute atomic E-state index is 13.1. The maximum atomic E-state index is 13.1. The molecule has 0 bridgehead atoms. The van der Waals surface area contributed by atoms with Gasteiger partial charge in [-0.1, -0.05) is 18.2 Å². The van der Waals surface area contributed by atoms with E-state index in [1.54, 1.807) is 49.3 Å². The van der Waals surface area contributed by atoms with Crippen LogP contribution in [-0.2, 0) is 16.0 Å². The highest BCUT2D eigenvalue weighted by atomic mass is 16.5. The van der Waals surface area contributed by atoms with Crippen molar-refractivity contribution in [3.63, 3.8) is 0 Å². The summed E-state index contributed by atoms with van der Waals surface area (Å²) in [6, 6.07) is 13.4. The van der Waals surface area contributed by atoms with Crippen molar-refractivity contribution in [2.75, 3.05) is 25.1 Å². The minimum absolute atomic E-state index is 0.0674. The van der Waals surface area contributed by atoms with Crippen molar-refractivity contribution in [3.05, 3.63) is 59.7 Å². The van der Waals surface area contributed by atoms with E-state index in [2.05, 4.69) is 5.32 Å². The molecule has 0 aromatic heterocycles. The summed E-state index contributed by atoms with van der Waals surface area (Å²) in [5.74, 6) is -0.116. The number of hydrogen-bond donors (Lipinski definition) is 1. The summed E-state index contributed by atoms with van der Waals surface area (Å²) in [4.78, 5) is 52.9. The van der Waals surface area contributed by atoms with Gasteiger partial charge in [0.1, 0.15) is 11.3 Å². The van der Waals surface area contributed by atoms with Gasteiger partial charge in [-0.2, -0.15) is 0 Å². The van der Waals surface area contributed by atoms with Crippen LogP contribution in [0.3, 0.4) is 0 Å². The molecule has 166 valence electrons. The van der Waals surface area contributed by atoms with Crippen LogP contribution in [0.2, 0.25) is 0 Å². The minimum Gasteiger partial charge on any atom is -0.496 e. The van der Waals surface area contributed by atoms with Crippen molar-refractivity contribution in [2.45, 2.75) is 31.7 Å². The third-order valence-electron chi connectivity index (χ3n) is 5.96. The summed E-state index contributed by atoms with van der Waals surface area (Å²) >= 11 is 0. The number of Topliss-reactive ketones (excluding diaryl/α,β-unsaturated/α-hetero) is 1. The summed E-state index contributed by atoms with van der Waals surface area (Å²) in [6.45, 7) is 1.96. The summed E-state index contributed by atoms with van der Waals surface area (Å²) < 4.78 is 5.35. The quantitative estimate of drug-likeness (QED) is 0.533. The smallest absolute Gasteiger partial charge is 0.325 e. The van der Waals surface area contributed by atoms with Gasteiger partial charge in [-0.15, -0.1) is 0 Å². The predicted molar refractivity (Wildman–Crippen MR) is 118 cm³/mol. The van der Waals surface area contributed by atoms with Crippen LogP contribution in [0.4, 0.5) is 10.5 Å². The molecule has 0 radical (unpaired) electrons. The monoisotopic (exact) mass is 435 g/mol. The SMILES string of the molecule is COc1ccccc1CC1(C)NC(=O)N(CC(=O)c2ccc(N3CCCC3=O)cc2)C1=O. The lowest BCUT2D eigenvalue weighted by Gasteiger charge is -2.22. The van der Waals surface area contributed by atoms with Crippen molar-refractivity contribution < 1.29 is 23.9 Å². The van der Waals surface area contributed by atoms with Crippen molar-refractivity contribution in [1.29, 1.82) is 0 Å². The van der Waals surface area contributed by atoms with E-state index in [1.165, 1.54) is 0 Å². The number of amides is 4. The summed E-state index contributed by atoms with van der Waals surface area (Å²) in [5.41, 5.74) is 0.723. The molecule has 4 rings (SSSR count). The number of rotatable bonds is 7. The second-order valence-corrected chi connectivity index (χ2v) is 8.26. The molecule has 1 unspecified atom stereocenters. The Balaban J connectivity index is 1.46. The van der Waals surface area contributed by atoms with E-state index < -0.39 is 17.5 Å². The number of carbonyl (C=O) groups is 4. The number of anilines is 1. The molecule has 4 amide bonds. The molecule has 0 spiro atoms. The van der Waals surface area contributed by atoms with E-state index in [1.807, 2.05) is 18.2 Å². The Morgan fingerprint density at radius 1 is 1.09 bits per heavy atom. The molecular weight excluding hydrogens is 410 g/mol. The van der Waals surface area contributed by atoms with Gasteiger partial charge in [-0.25, -0.2) is 4.79 Å². The number of nitrogens with zero attached hydrogens (tertiary/aromatic N) is 2. The first kappa shape index (κ1) is 21.5. The number of imide groups is 1. The van der Waals surface area contributed by atoms with E-state index in [-0.39, 0.29) is 24.7 Å². The van der Waals surface area contributed by atoms with Gasteiger partial charge < -0.3 is 15.0 Å². The van der Waals surface area contributed by atoms with Crippen molar-refractivity contribution >= 4 is 29.3 Å². The van der Waals surface area contributed by atoms with Crippen molar-refractivity contribution in [2.24, 2.45) is 0 Å². The number of methoxy groups -OCH3 is 1. The highest BCUT2D eigenvalue weighted by molar-refractivity contribution is 6.11. The van der Waals surface area contributed by atoms with E-state index in [9.17, 15) is 19.2 Å². The van der Waals surface area contributed by atoms with E-state index in [0.717, 1.165) is 22.6 Å². The highest BCUT2D eigenvalue weighted by Crippen LogP contribution is 2.28. The second kappa shape index (κ2) is 8.45. The Morgan fingerprint density at radius 3 is 2.47 bits per heavy atom. The number of benzene rings is 2. The average Bonchev–Trinajstić information content (AvgIpc) is 3.30. The average molecular weight is 435 g/mol. The molecule has 2 saturated heterocycles. The summed E-state index contributed by atoms with van der Waals surface area (Å²) in [5, 5.41) is 2.72. The summed E-state index contributed by atoms with van der Waals surface area (Å²) in [7, 11) is 1.55. The zero-order valence-corrected chi connectivity index (χ0v) is 18.1. The number of carbonyl (C=O) groups excluding carboxylic acids is 4. The minimum atomic E-state index is -1.17. The molecule has 2 heterocycles. The number of ether oxygens (including phenoxy) is 1. The summed E-state index contributed by atoms with van der Waals surface area (Å²) in [6.07, 6.45) is 1.59. The van der Waals surface area contributed by atoms with E-state index >= 15 is 0 Å². The fourth-order valence-electron chi connectivity index (χ4n) is 4.22. The molecule has 0 aliphatic carbocycles. The molecule has 2 aromatic carbocycles. The molecule has 2 fully saturated rings. The van der Waals surface area contributed by atoms with Crippen molar-refractivity contribution in [3.8, 4) is 5.75 Å². The van der Waals surface area contributed by atoms with Gasteiger partial charge in [0.25, 0.3) is 5.91 Å². The largest absolute Gasteiger partial charge is 0.496 e. The first-order chi connectivity index (χ1) is 15.3. The highest BCUT2D eigenvalue weighted by Gasteiger charge is 2.48. The Morgan fingerprint density at radius 2 is 1.81 bits per heavy atom. The molecule has 32 heavy (non-hydrogen) atoms. The number of para-hydroxylation sites is 1. The molecule has 8 heteroatoms. The lowest BCUT2D eigenvalue weighted by molar-refractivity contribution is -0.130. The predicted octanol–water partition coefficient (Wildman–Crippen LogP) is 2.56. The van der Waals surface area contributed by atoms with Crippen LogP contribution < -0.4 is 15.0 Å². The fraction of sp³-hybridized carbons (Fsp3) is 0.333. The number of ketones is 1. The lowest BCUT2D eigenvalue weighted by Crippen LogP contribution is -2.46. The third kappa shape index (κ3) is 3.95. The normalized spacial score (nSPS) is 20.6. The third-order valence-corrected chi connectivity index (χ3v) is 5.96. The molecule has 2 aliphatic rings. The van der Waals surface area contributed by atoms with Gasteiger partial charge in [0.15, 0.2) is 5.78 Å². The first-order valence-corrected chi connectivity index (χ1v) is 10.5. The molecule has 0 saturated carbocycles. The topological polar surface area (TPSA) is 96.0 Å². The fourth-order valence-corrected chi connectivity index (χ4v) is 4.22. The van der Waals surface area contributed by atoms with Crippen molar-refractivity contribution in [1.82, 2.24) is 10.2 Å². The maximum Gasteiger partial charge on any atom is 0.325 e. The van der Waals surface area contributed by atoms with Crippen LogP contribution in [-0.4, -0.2) is 54.3 Å². The van der Waals surface area contributed by atoms with E-state index in [0.29, 0.717) is 24.3 Å². The van der Waals surface area contributed by atoms with Gasteiger partial charge in [0, 0.05) is 30.6 Å². The number of urea groups is 1. The standard InChI is InChI=1S/C24H25N3O5/c1-24(14-17-6-3-4-7-20(17)32-2)22(30)27(23(31)25-24)15-19(28)16-9-11-18(12-10-16)26-13-5-8-21(26)29/h3-4,6-7,9-12H,5,8,13-15H2,1-2H3,(H,25,31). The van der Waals surface area contributed by atoms with Crippen LogP contribution in [0.5, 0.6) is 5.75 Å². The van der Waals surface area contributed by atoms with Crippen LogP contribution in [0, 0.1) is 0 Å². The Kier molecular flexibility index (Phi) is 5.69. The van der Waals surface area contributed by atoms with Gasteiger partial charge >= 0.3 is 6.03 Å². The number of nitrogens with one attached hydrogen (secondary N) is 1. The zero-order valence-electron chi connectivity index (χ0n) is 18.1. The Hall–Kier alpha value is -3.68. The molecule has 1 N–H and O–H groups in total. The van der Waals surface area contributed by atoms with Gasteiger partial charge in [0.05, 0.1) is 13.7 Å². The van der Waals surface area contributed by atoms with Crippen LogP contribution in [0.15, 0.2) is 48.5 Å².